The third kappa shape index (κ3) is 3.20. The molecule has 7 heteroatoms. The van der Waals surface area contributed by atoms with Crippen LogP contribution in [0, 0.1) is 0 Å². The summed E-state index contributed by atoms with van der Waals surface area (Å²) in [6.45, 7) is 5.16. The van der Waals surface area contributed by atoms with E-state index in [0.29, 0.717) is 15.4 Å². The highest BCUT2D eigenvalue weighted by Crippen LogP contribution is 2.31. The predicted molar refractivity (Wildman–Crippen MR) is 120 cm³/mol. The van der Waals surface area contributed by atoms with Gasteiger partial charge in [-0.25, -0.2) is 4.21 Å². The lowest BCUT2D eigenvalue weighted by Crippen LogP contribution is -2.43. The number of rotatable bonds is 3. The summed E-state index contributed by atoms with van der Waals surface area (Å²) >= 11 is 0. The molecule has 1 saturated heterocycles. The first kappa shape index (κ1) is 19.0. The fraction of sp³-hybridized carbons (Fsp3) is 0.217. The SMILES string of the molecule is CC(=O)n1nc(S(=O)c2cccc3ccccc23)c2cc(N3CCNCC3)ccc21. The van der Waals surface area contributed by atoms with Gasteiger partial charge in [-0.3, -0.25) is 4.79 Å². The fourth-order valence-electron chi connectivity index (χ4n) is 4.04. The summed E-state index contributed by atoms with van der Waals surface area (Å²) in [4.78, 5) is 15.2. The van der Waals surface area contributed by atoms with Crippen LogP contribution in [-0.2, 0) is 10.8 Å². The highest BCUT2D eigenvalue weighted by Gasteiger charge is 2.22. The van der Waals surface area contributed by atoms with Crippen molar-refractivity contribution in [1.29, 1.82) is 0 Å². The monoisotopic (exact) mass is 418 g/mol. The molecule has 3 aromatic carbocycles. The zero-order chi connectivity index (χ0) is 20.7. The summed E-state index contributed by atoms with van der Waals surface area (Å²) in [5.41, 5.74) is 1.74. The number of anilines is 1. The number of nitrogens with one attached hydrogen (secondary N) is 1. The van der Waals surface area contributed by atoms with Gasteiger partial charge in [-0.2, -0.15) is 9.78 Å². The van der Waals surface area contributed by atoms with Gasteiger partial charge in [-0.05, 0) is 35.0 Å². The maximum atomic E-state index is 13.7. The van der Waals surface area contributed by atoms with Gasteiger partial charge in [0.1, 0.15) is 10.8 Å². The smallest absolute Gasteiger partial charge is 0.244 e. The second-order valence-electron chi connectivity index (χ2n) is 7.42. The molecule has 1 atom stereocenters. The summed E-state index contributed by atoms with van der Waals surface area (Å²) in [5, 5.41) is 11.0. The van der Waals surface area contributed by atoms with Crippen molar-refractivity contribution in [3.05, 3.63) is 60.7 Å². The Hall–Kier alpha value is -3.03. The largest absolute Gasteiger partial charge is 0.369 e. The minimum atomic E-state index is -1.52. The van der Waals surface area contributed by atoms with E-state index in [1.165, 1.54) is 11.6 Å². The molecule has 1 fully saturated rings. The van der Waals surface area contributed by atoms with E-state index in [2.05, 4.69) is 15.3 Å². The van der Waals surface area contributed by atoms with Crippen LogP contribution in [0.4, 0.5) is 5.69 Å². The van der Waals surface area contributed by atoms with Gasteiger partial charge in [0.2, 0.25) is 5.91 Å². The molecule has 0 spiro atoms. The lowest BCUT2D eigenvalue weighted by Gasteiger charge is -2.29. The first-order valence-corrected chi connectivity index (χ1v) is 11.2. The van der Waals surface area contributed by atoms with Crippen LogP contribution in [0.15, 0.2) is 70.6 Å². The fourth-order valence-corrected chi connectivity index (χ4v) is 5.35. The molecule has 1 aromatic heterocycles. The van der Waals surface area contributed by atoms with Crippen molar-refractivity contribution in [2.75, 3.05) is 31.1 Å². The lowest BCUT2D eigenvalue weighted by molar-refractivity contribution is 0.0925. The van der Waals surface area contributed by atoms with E-state index < -0.39 is 10.8 Å². The molecule has 5 rings (SSSR count). The normalized spacial score (nSPS) is 15.6. The van der Waals surface area contributed by atoms with Crippen LogP contribution in [0.1, 0.15) is 11.7 Å². The number of aromatic nitrogens is 2. The molecule has 1 aliphatic heterocycles. The molecule has 4 aromatic rings. The maximum Gasteiger partial charge on any atom is 0.244 e. The first-order chi connectivity index (χ1) is 14.6. The average molecular weight is 419 g/mol. The second-order valence-corrected chi connectivity index (χ2v) is 8.78. The van der Waals surface area contributed by atoms with Crippen molar-refractivity contribution in [1.82, 2.24) is 15.1 Å². The second kappa shape index (κ2) is 7.66. The van der Waals surface area contributed by atoms with Gasteiger partial charge in [0, 0.05) is 44.2 Å². The molecule has 1 N–H and O–H groups in total. The van der Waals surface area contributed by atoms with E-state index in [-0.39, 0.29) is 5.91 Å². The Morgan fingerprint density at radius 1 is 1.00 bits per heavy atom. The van der Waals surface area contributed by atoms with Crippen molar-refractivity contribution in [3.63, 3.8) is 0 Å². The molecule has 0 bridgehead atoms. The summed E-state index contributed by atoms with van der Waals surface area (Å²) in [6.07, 6.45) is 0. The van der Waals surface area contributed by atoms with E-state index in [0.717, 1.165) is 48.0 Å². The van der Waals surface area contributed by atoms with Gasteiger partial charge in [0.25, 0.3) is 0 Å². The van der Waals surface area contributed by atoms with Crippen LogP contribution in [-0.4, -0.2) is 46.1 Å². The van der Waals surface area contributed by atoms with Crippen LogP contribution in [0.25, 0.3) is 21.7 Å². The number of fused-ring (bicyclic) bond motifs is 2. The number of piperazine rings is 1. The van der Waals surface area contributed by atoms with Crippen LogP contribution >= 0.6 is 0 Å². The standard InChI is InChI=1S/C23H22N4O2S/c1-16(28)27-21-10-9-18(26-13-11-24-12-14-26)15-20(21)23(25-27)30(29)22-8-4-6-17-5-2-3-7-19(17)22/h2-10,15,24H,11-14H2,1H3. The molecule has 0 radical (unpaired) electrons. The minimum absolute atomic E-state index is 0.198. The molecule has 6 nitrogen and oxygen atoms in total. The Morgan fingerprint density at radius 3 is 2.57 bits per heavy atom. The van der Waals surface area contributed by atoms with Crippen molar-refractivity contribution >= 4 is 44.1 Å². The van der Waals surface area contributed by atoms with Crippen molar-refractivity contribution < 1.29 is 9.00 Å². The van der Waals surface area contributed by atoms with E-state index in [1.807, 2.05) is 60.7 Å². The number of hydrogen-bond donors (Lipinski definition) is 1. The van der Waals surface area contributed by atoms with E-state index in [9.17, 15) is 9.00 Å². The Morgan fingerprint density at radius 2 is 1.77 bits per heavy atom. The molecule has 0 aliphatic carbocycles. The molecule has 1 unspecified atom stereocenters. The maximum absolute atomic E-state index is 13.7. The first-order valence-electron chi connectivity index (χ1n) is 10.0. The van der Waals surface area contributed by atoms with E-state index >= 15 is 0 Å². The van der Waals surface area contributed by atoms with Crippen molar-refractivity contribution in [2.24, 2.45) is 0 Å². The summed E-state index contributed by atoms with van der Waals surface area (Å²) in [5.74, 6) is -0.198. The van der Waals surface area contributed by atoms with Gasteiger partial charge < -0.3 is 10.2 Å². The van der Waals surface area contributed by atoms with Gasteiger partial charge in [-0.15, -0.1) is 0 Å². The topological polar surface area (TPSA) is 67.2 Å². The van der Waals surface area contributed by atoms with Crippen LogP contribution in [0.5, 0.6) is 0 Å². The van der Waals surface area contributed by atoms with Crippen LogP contribution < -0.4 is 10.2 Å². The number of benzene rings is 3. The predicted octanol–water partition coefficient (Wildman–Crippen LogP) is 3.43. The summed E-state index contributed by atoms with van der Waals surface area (Å²) in [7, 11) is -1.52. The Labute approximate surface area is 176 Å². The Kier molecular flexibility index (Phi) is 4.84. The van der Waals surface area contributed by atoms with Crippen molar-refractivity contribution in [2.45, 2.75) is 16.8 Å². The quantitative estimate of drug-likeness (QED) is 0.552. The average Bonchev–Trinajstić information content (AvgIpc) is 3.18. The van der Waals surface area contributed by atoms with E-state index in [1.54, 1.807) is 0 Å². The third-order valence-corrected chi connectivity index (χ3v) is 6.94. The third-order valence-electron chi connectivity index (χ3n) is 5.53. The molecule has 30 heavy (non-hydrogen) atoms. The summed E-state index contributed by atoms with van der Waals surface area (Å²) < 4.78 is 15.1. The molecular formula is C23H22N4O2S. The highest BCUT2D eigenvalue weighted by atomic mass is 32.2. The van der Waals surface area contributed by atoms with Gasteiger partial charge in [0.15, 0.2) is 5.03 Å². The number of carbonyl (C=O) groups excluding carboxylic acids is 1. The zero-order valence-corrected chi connectivity index (χ0v) is 17.5. The van der Waals surface area contributed by atoms with Crippen molar-refractivity contribution in [3.8, 4) is 0 Å². The summed E-state index contributed by atoms with van der Waals surface area (Å²) in [6, 6.07) is 19.6. The number of nitrogens with zero attached hydrogens (tertiary/aromatic N) is 3. The number of carbonyl (C=O) groups is 1. The van der Waals surface area contributed by atoms with Gasteiger partial charge >= 0.3 is 0 Å². The molecular weight excluding hydrogens is 396 g/mol. The van der Waals surface area contributed by atoms with Gasteiger partial charge in [-0.1, -0.05) is 36.4 Å². The van der Waals surface area contributed by atoms with Crippen LogP contribution in [0.2, 0.25) is 0 Å². The Balaban J connectivity index is 1.68. The van der Waals surface area contributed by atoms with E-state index in [4.69, 9.17) is 0 Å². The minimum Gasteiger partial charge on any atom is -0.369 e. The number of hydrogen-bond acceptors (Lipinski definition) is 5. The molecule has 0 amide bonds. The zero-order valence-electron chi connectivity index (χ0n) is 16.7. The molecule has 152 valence electrons. The van der Waals surface area contributed by atoms with Gasteiger partial charge in [0.05, 0.1) is 10.4 Å². The Bertz CT molecular complexity index is 1290. The van der Waals surface area contributed by atoms with Crippen LogP contribution in [0.3, 0.4) is 0 Å². The highest BCUT2D eigenvalue weighted by molar-refractivity contribution is 7.85. The molecule has 1 aliphatic rings. The molecule has 0 saturated carbocycles. The molecule has 2 heterocycles. The lowest BCUT2D eigenvalue weighted by atomic mass is 10.1.